The highest BCUT2D eigenvalue weighted by molar-refractivity contribution is 5.75. The first-order chi connectivity index (χ1) is 8.65. The Morgan fingerprint density at radius 2 is 2.11 bits per heavy atom. The van der Waals surface area contributed by atoms with Crippen LogP contribution in [0.1, 0.15) is 30.9 Å². The normalized spacial score (nSPS) is 10.6. The van der Waals surface area contributed by atoms with Crippen LogP contribution in [0.2, 0.25) is 0 Å². The highest BCUT2D eigenvalue weighted by Gasteiger charge is 2.04. The Morgan fingerprint density at radius 3 is 2.78 bits per heavy atom. The monoisotopic (exact) mass is 246 g/mol. The molecule has 1 N–H and O–H groups in total. The molecule has 0 aliphatic rings. The lowest BCUT2D eigenvalue weighted by molar-refractivity contribution is 0.212. The molecule has 98 valence electrons. The van der Waals surface area contributed by atoms with E-state index in [0.717, 1.165) is 24.9 Å². The molecule has 3 heteroatoms. The molecule has 3 nitrogen and oxygen atoms in total. The number of urea groups is 1. The number of hydrogen-bond donors (Lipinski definition) is 1. The number of carbonyl (C=O) groups is 1. The number of unbranched alkanes of at least 4 members (excludes halogenated alkanes) is 1. The van der Waals surface area contributed by atoms with E-state index in [0.29, 0.717) is 0 Å². The molecule has 0 unspecified atom stereocenters. The molecule has 1 rings (SSSR count). The van der Waals surface area contributed by atoms with Crippen LogP contribution >= 0.6 is 0 Å². The van der Waals surface area contributed by atoms with Crippen molar-refractivity contribution >= 4 is 12.1 Å². The number of carbonyl (C=O) groups excluding carboxylic acids is 1. The van der Waals surface area contributed by atoms with Gasteiger partial charge in [0.15, 0.2) is 0 Å². The molecule has 0 heterocycles. The first-order valence-electron chi connectivity index (χ1n) is 6.39. The second-order valence-electron chi connectivity index (χ2n) is 4.41. The number of hydrogen-bond acceptors (Lipinski definition) is 1. The average molecular weight is 246 g/mol. The number of nitrogens with zero attached hydrogens (tertiary/aromatic N) is 1. The summed E-state index contributed by atoms with van der Waals surface area (Å²) in [5.74, 6) is 0. The summed E-state index contributed by atoms with van der Waals surface area (Å²) in [6.45, 7) is 4.96. The first-order valence-corrected chi connectivity index (χ1v) is 6.39. The molecule has 0 bridgehead atoms. The molecule has 0 aliphatic heterocycles. The number of amides is 2. The van der Waals surface area contributed by atoms with Gasteiger partial charge in [-0.3, -0.25) is 0 Å². The molecule has 2 amide bonds. The van der Waals surface area contributed by atoms with Gasteiger partial charge in [-0.25, -0.2) is 4.79 Å². The number of benzene rings is 1. The zero-order valence-corrected chi connectivity index (χ0v) is 11.4. The van der Waals surface area contributed by atoms with E-state index in [2.05, 4.69) is 25.2 Å². The van der Waals surface area contributed by atoms with Crippen molar-refractivity contribution in [3.8, 4) is 0 Å². The van der Waals surface area contributed by atoms with Gasteiger partial charge in [0.25, 0.3) is 0 Å². The quantitative estimate of drug-likeness (QED) is 0.848. The van der Waals surface area contributed by atoms with Gasteiger partial charge in [-0.2, -0.15) is 0 Å². The van der Waals surface area contributed by atoms with Gasteiger partial charge in [-0.1, -0.05) is 37.6 Å². The third-order valence-corrected chi connectivity index (χ3v) is 2.85. The van der Waals surface area contributed by atoms with Crippen molar-refractivity contribution in [2.75, 3.05) is 13.6 Å². The van der Waals surface area contributed by atoms with Crippen molar-refractivity contribution in [2.45, 2.75) is 26.7 Å². The summed E-state index contributed by atoms with van der Waals surface area (Å²) in [7, 11) is 1.81. The molecule has 18 heavy (non-hydrogen) atoms. The van der Waals surface area contributed by atoms with E-state index in [9.17, 15) is 4.79 Å². The van der Waals surface area contributed by atoms with Gasteiger partial charge in [0.1, 0.15) is 0 Å². The van der Waals surface area contributed by atoms with Crippen LogP contribution in [0.5, 0.6) is 0 Å². The molecule has 0 saturated heterocycles. The zero-order valence-electron chi connectivity index (χ0n) is 11.4. The molecular weight excluding hydrogens is 224 g/mol. The van der Waals surface area contributed by atoms with E-state index in [1.54, 1.807) is 11.1 Å². The van der Waals surface area contributed by atoms with Crippen LogP contribution in [0.25, 0.3) is 6.08 Å². The molecule has 1 aromatic carbocycles. The molecule has 0 radical (unpaired) electrons. The maximum atomic E-state index is 11.7. The van der Waals surface area contributed by atoms with Crippen LogP contribution in [0, 0.1) is 6.92 Å². The molecular formula is C15H22N2O. The smallest absolute Gasteiger partial charge is 0.321 e. The Balaban J connectivity index is 2.45. The number of aryl methyl sites for hydroxylation is 1. The summed E-state index contributed by atoms with van der Waals surface area (Å²) in [5.41, 5.74) is 2.32. The average Bonchev–Trinajstić information content (AvgIpc) is 2.38. The van der Waals surface area contributed by atoms with E-state index in [1.165, 1.54) is 5.56 Å². The van der Waals surface area contributed by atoms with Crippen molar-refractivity contribution in [1.29, 1.82) is 0 Å². The van der Waals surface area contributed by atoms with Gasteiger partial charge in [0, 0.05) is 19.8 Å². The van der Waals surface area contributed by atoms with E-state index < -0.39 is 0 Å². The van der Waals surface area contributed by atoms with Gasteiger partial charge in [0.05, 0.1) is 0 Å². The summed E-state index contributed by atoms with van der Waals surface area (Å²) in [4.78, 5) is 13.4. The van der Waals surface area contributed by atoms with Crippen molar-refractivity contribution in [3.63, 3.8) is 0 Å². The highest BCUT2D eigenvalue weighted by Crippen LogP contribution is 2.08. The van der Waals surface area contributed by atoms with Gasteiger partial charge in [-0.15, -0.1) is 0 Å². The minimum atomic E-state index is -0.0618. The second-order valence-corrected chi connectivity index (χ2v) is 4.41. The van der Waals surface area contributed by atoms with E-state index in [4.69, 9.17) is 0 Å². The van der Waals surface area contributed by atoms with E-state index >= 15 is 0 Å². The molecule has 0 fully saturated rings. The Labute approximate surface area is 109 Å². The summed E-state index contributed by atoms with van der Waals surface area (Å²) < 4.78 is 0. The van der Waals surface area contributed by atoms with Crippen LogP contribution in [0.3, 0.4) is 0 Å². The fourth-order valence-corrected chi connectivity index (χ4v) is 1.58. The zero-order chi connectivity index (χ0) is 13.4. The Morgan fingerprint density at radius 1 is 1.39 bits per heavy atom. The summed E-state index contributed by atoms with van der Waals surface area (Å²) in [5, 5.41) is 2.77. The van der Waals surface area contributed by atoms with Crippen LogP contribution < -0.4 is 5.32 Å². The maximum absolute atomic E-state index is 11.7. The Hall–Kier alpha value is -1.77. The second kappa shape index (κ2) is 7.54. The van der Waals surface area contributed by atoms with Crippen LogP contribution in [-0.4, -0.2) is 24.5 Å². The van der Waals surface area contributed by atoms with Gasteiger partial charge >= 0.3 is 6.03 Å². The minimum absolute atomic E-state index is 0.0618. The fraction of sp³-hybridized carbons (Fsp3) is 0.400. The van der Waals surface area contributed by atoms with Gasteiger partial charge in [0.2, 0.25) is 0 Å². The van der Waals surface area contributed by atoms with E-state index in [1.807, 2.05) is 31.3 Å². The Kier molecular flexibility index (Phi) is 5.98. The van der Waals surface area contributed by atoms with Crippen LogP contribution in [-0.2, 0) is 0 Å². The van der Waals surface area contributed by atoms with Crippen LogP contribution in [0.15, 0.2) is 30.5 Å². The lowest BCUT2D eigenvalue weighted by Gasteiger charge is -2.15. The molecule has 0 spiro atoms. The Bertz CT molecular complexity index is 413. The third kappa shape index (κ3) is 4.62. The molecule has 1 aromatic rings. The fourth-order valence-electron chi connectivity index (χ4n) is 1.58. The standard InChI is InChI=1S/C15H22N2O/c1-4-5-12-17(3)15(18)16-11-10-14-9-7-6-8-13(14)2/h6-11H,4-5,12H2,1-3H3,(H,16,18)/b11-10+. The number of nitrogens with one attached hydrogen (secondary N) is 1. The van der Waals surface area contributed by atoms with Crippen molar-refractivity contribution < 1.29 is 4.79 Å². The highest BCUT2D eigenvalue weighted by atomic mass is 16.2. The minimum Gasteiger partial charge on any atom is -0.328 e. The van der Waals surface area contributed by atoms with Crippen molar-refractivity contribution in [3.05, 3.63) is 41.6 Å². The van der Waals surface area contributed by atoms with Crippen LogP contribution in [0.4, 0.5) is 4.79 Å². The summed E-state index contributed by atoms with van der Waals surface area (Å²) in [6, 6.07) is 8.01. The topological polar surface area (TPSA) is 32.3 Å². The number of rotatable bonds is 5. The summed E-state index contributed by atoms with van der Waals surface area (Å²) in [6.07, 6.45) is 5.75. The largest absolute Gasteiger partial charge is 0.328 e. The molecule has 0 saturated carbocycles. The molecule has 0 atom stereocenters. The predicted octanol–water partition coefficient (Wildman–Crippen LogP) is 3.41. The van der Waals surface area contributed by atoms with Gasteiger partial charge in [-0.05, 0) is 30.5 Å². The van der Waals surface area contributed by atoms with Gasteiger partial charge < -0.3 is 10.2 Å². The first kappa shape index (κ1) is 14.3. The van der Waals surface area contributed by atoms with Crippen molar-refractivity contribution in [1.82, 2.24) is 10.2 Å². The molecule has 0 aliphatic carbocycles. The lowest BCUT2D eigenvalue weighted by atomic mass is 10.1. The summed E-state index contributed by atoms with van der Waals surface area (Å²) >= 11 is 0. The maximum Gasteiger partial charge on any atom is 0.321 e. The van der Waals surface area contributed by atoms with Crippen molar-refractivity contribution in [2.24, 2.45) is 0 Å². The third-order valence-electron chi connectivity index (χ3n) is 2.85. The predicted molar refractivity (Wildman–Crippen MR) is 76.3 cm³/mol. The van der Waals surface area contributed by atoms with E-state index in [-0.39, 0.29) is 6.03 Å². The lowest BCUT2D eigenvalue weighted by Crippen LogP contribution is -2.34. The molecule has 0 aromatic heterocycles. The SMILES string of the molecule is CCCCN(C)C(=O)N/C=C/c1ccccc1C.